The van der Waals surface area contributed by atoms with Crippen LogP contribution < -0.4 is 0 Å². The zero-order chi connectivity index (χ0) is 23.1. The Hall–Kier alpha value is -4.40. The molecule has 33 heavy (non-hydrogen) atoms. The number of pyridine rings is 2. The summed E-state index contributed by atoms with van der Waals surface area (Å²) in [5.41, 5.74) is 4.67. The lowest BCUT2D eigenvalue weighted by Crippen LogP contribution is -2.07. The van der Waals surface area contributed by atoms with E-state index >= 15 is 0 Å². The van der Waals surface area contributed by atoms with Crippen molar-refractivity contribution in [3.63, 3.8) is 0 Å². The van der Waals surface area contributed by atoms with Crippen molar-refractivity contribution in [1.29, 1.82) is 0 Å². The minimum Gasteiger partial charge on any atom is -0.477 e. The Bertz CT molecular complexity index is 1470. The van der Waals surface area contributed by atoms with Crippen LogP contribution >= 0.6 is 0 Å². The van der Waals surface area contributed by atoms with Crippen molar-refractivity contribution in [2.75, 3.05) is 0 Å². The monoisotopic (exact) mass is 440 g/mol. The normalized spacial score (nSPS) is 12.2. The minimum absolute atomic E-state index is 0.0755. The van der Waals surface area contributed by atoms with E-state index in [4.69, 9.17) is 9.51 Å². The molecule has 0 aliphatic rings. The Morgan fingerprint density at radius 1 is 1.12 bits per heavy atom. The molecule has 9 heteroatoms. The van der Waals surface area contributed by atoms with Crippen LogP contribution in [0.1, 0.15) is 40.6 Å². The van der Waals surface area contributed by atoms with Gasteiger partial charge in [-0.25, -0.2) is 19.7 Å². The molecule has 0 bridgehead atoms. The molecule has 9 nitrogen and oxygen atoms in total. The molecule has 0 spiro atoms. The summed E-state index contributed by atoms with van der Waals surface area (Å²) in [6.45, 7) is 5.77. The molecule has 0 aromatic carbocycles. The molecule has 5 aromatic heterocycles. The first-order valence-electron chi connectivity index (χ1n) is 10.4. The van der Waals surface area contributed by atoms with Gasteiger partial charge in [0.25, 0.3) is 0 Å². The summed E-state index contributed by atoms with van der Waals surface area (Å²) in [7, 11) is 0. The molecule has 0 saturated carbocycles. The Morgan fingerprint density at radius 3 is 2.67 bits per heavy atom. The molecule has 0 saturated heterocycles. The second kappa shape index (κ2) is 7.94. The van der Waals surface area contributed by atoms with Crippen LogP contribution in [0.4, 0.5) is 0 Å². The second-order valence-corrected chi connectivity index (χ2v) is 7.75. The highest BCUT2D eigenvalue weighted by Crippen LogP contribution is 2.35. The number of aromatic carboxylic acids is 1. The van der Waals surface area contributed by atoms with Gasteiger partial charge in [-0.15, -0.1) is 0 Å². The van der Waals surface area contributed by atoms with Crippen LogP contribution in [0, 0.1) is 13.8 Å². The maximum atomic E-state index is 11.5. The van der Waals surface area contributed by atoms with E-state index in [1.807, 2.05) is 55.8 Å². The van der Waals surface area contributed by atoms with Crippen molar-refractivity contribution < 1.29 is 14.4 Å². The van der Waals surface area contributed by atoms with Crippen LogP contribution in [-0.4, -0.2) is 40.7 Å². The van der Waals surface area contributed by atoms with Gasteiger partial charge in [-0.05, 0) is 45.0 Å². The summed E-state index contributed by atoms with van der Waals surface area (Å²) >= 11 is 0. The third-order valence-electron chi connectivity index (χ3n) is 5.64. The first kappa shape index (κ1) is 20.5. The van der Waals surface area contributed by atoms with Gasteiger partial charge in [0.15, 0.2) is 11.5 Å². The van der Waals surface area contributed by atoms with Gasteiger partial charge in [0.2, 0.25) is 0 Å². The lowest BCUT2D eigenvalue weighted by Gasteiger charge is -2.14. The first-order valence-corrected chi connectivity index (χ1v) is 10.4. The number of hydrogen-bond acceptors (Lipinski definition) is 7. The SMILES string of the molecule is Cc1noc(C)c1-c1cnc2c(c1)c(-c1nccc(C(=O)O)n1)cn2[C@@H](C)c1ccccn1. The minimum atomic E-state index is -1.11. The van der Waals surface area contributed by atoms with Gasteiger partial charge in [0, 0.05) is 46.9 Å². The summed E-state index contributed by atoms with van der Waals surface area (Å²) in [4.78, 5) is 29.4. The van der Waals surface area contributed by atoms with Crippen molar-refractivity contribution in [2.24, 2.45) is 0 Å². The summed E-state index contributed by atoms with van der Waals surface area (Å²) in [6, 6.07) is 9.00. The van der Waals surface area contributed by atoms with E-state index in [2.05, 4.69) is 20.1 Å². The highest BCUT2D eigenvalue weighted by molar-refractivity contribution is 5.95. The molecule has 5 rings (SSSR count). The summed E-state index contributed by atoms with van der Waals surface area (Å²) in [5.74, 6) is -0.107. The van der Waals surface area contributed by atoms with E-state index in [-0.39, 0.29) is 11.7 Å². The van der Waals surface area contributed by atoms with Crippen LogP contribution in [0.15, 0.2) is 59.6 Å². The average molecular weight is 440 g/mol. The molecule has 164 valence electrons. The number of nitrogens with zero attached hydrogens (tertiary/aromatic N) is 6. The van der Waals surface area contributed by atoms with Crippen molar-refractivity contribution in [3.8, 4) is 22.5 Å². The van der Waals surface area contributed by atoms with Crippen LogP contribution in [0.5, 0.6) is 0 Å². The maximum Gasteiger partial charge on any atom is 0.354 e. The van der Waals surface area contributed by atoms with Gasteiger partial charge in [-0.1, -0.05) is 11.2 Å². The molecule has 0 amide bonds. The van der Waals surface area contributed by atoms with Crippen LogP contribution in [0.25, 0.3) is 33.5 Å². The molecule has 0 radical (unpaired) electrons. The largest absolute Gasteiger partial charge is 0.477 e. The number of carbonyl (C=O) groups is 1. The molecule has 0 fully saturated rings. The van der Waals surface area contributed by atoms with E-state index in [1.165, 1.54) is 12.3 Å². The summed E-state index contributed by atoms with van der Waals surface area (Å²) < 4.78 is 7.34. The summed E-state index contributed by atoms with van der Waals surface area (Å²) in [6.07, 6.45) is 6.88. The topological polar surface area (TPSA) is 120 Å². The number of hydrogen-bond donors (Lipinski definition) is 1. The molecule has 1 N–H and O–H groups in total. The number of carboxylic acid groups (broad SMARTS) is 1. The Balaban J connectivity index is 1.76. The van der Waals surface area contributed by atoms with Crippen molar-refractivity contribution in [2.45, 2.75) is 26.8 Å². The Morgan fingerprint density at radius 2 is 1.97 bits per heavy atom. The highest BCUT2D eigenvalue weighted by atomic mass is 16.5. The fourth-order valence-corrected chi connectivity index (χ4v) is 4.01. The van der Waals surface area contributed by atoms with Gasteiger partial charge in [-0.3, -0.25) is 4.98 Å². The fourth-order valence-electron chi connectivity index (χ4n) is 4.01. The highest BCUT2D eigenvalue weighted by Gasteiger charge is 2.21. The molecular formula is C24H20N6O3. The van der Waals surface area contributed by atoms with E-state index < -0.39 is 5.97 Å². The van der Waals surface area contributed by atoms with Gasteiger partial charge in [-0.2, -0.15) is 0 Å². The van der Waals surface area contributed by atoms with E-state index in [9.17, 15) is 9.90 Å². The Kier molecular flexibility index (Phi) is 4.93. The van der Waals surface area contributed by atoms with Crippen molar-refractivity contribution in [1.82, 2.24) is 29.7 Å². The predicted octanol–water partition coefficient (Wildman–Crippen LogP) is 4.47. The van der Waals surface area contributed by atoms with Gasteiger partial charge in [0.05, 0.1) is 17.4 Å². The average Bonchev–Trinajstić information content (AvgIpc) is 3.38. The third kappa shape index (κ3) is 3.53. The standard InChI is InChI=1S/C24H20N6O3/c1-13-21(15(3)33-29-13)16-10-17-18(22-26-9-7-20(28-22)24(31)32)12-30(23(17)27-11-16)14(2)19-6-4-5-8-25-19/h4-12,14H,1-3H3,(H,31,32)/t14-/m0/s1. The van der Waals surface area contributed by atoms with E-state index in [0.29, 0.717) is 22.8 Å². The molecule has 0 unspecified atom stereocenters. The third-order valence-corrected chi connectivity index (χ3v) is 5.64. The smallest absolute Gasteiger partial charge is 0.354 e. The lowest BCUT2D eigenvalue weighted by molar-refractivity contribution is 0.0690. The number of aromatic nitrogens is 6. The molecule has 0 aliphatic carbocycles. The zero-order valence-electron chi connectivity index (χ0n) is 18.2. The zero-order valence-corrected chi connectivity index (χ0v) is 18.2. The van der Waals surface area contributed by atoms with Gasteiger partial charge < -0.3 is 14.2 Å². The van der Waals surface area contributed by atoms with Crippen LogP contribution in [0.3, 0.4) is 0 Å². The molecular weight excluding hydrogens is 420 g/mol. The Labute approximate surface area is 188 Å². The molecule has 5 heterocycles. The van der Waals surface area contributed by atoms with Crippen molar-refractivity contribution >= 4 is 17.0 Å². The number of rotatable bonds is 5. The van der Waals surface area contributed by atoms with E-state index in [1.54, 1.807) is 12.4 Å². The fraction of sp³-hybridized carbons (Fsp3) is 0.167. The maximum absolute atomic E-state index is 11.5. The van der Waals surface area contributed by atoms with E-state index in [0.717, 1.165) is 27.9 Å². The first-order chi connectivity index (χ1) is 15.9. The van der Waals surface area contributed by atoms with Crippen molar-refractivity contribution in [3.05, 3.63) is 78.0 Å². The quantitative estimate of drug-likeness (QED) is 0.425. The molecule has 5 aromatic rings. The lowest BCUT2D eigenvalue weighted by atomic mass is 10.0. The van der Waals surface area contributed by atoms with Gasteiger partial charge >= 0.3 is 5.97 Å². The van der Waals surface area contributed by atoms with Gasteiger partial charge in [0.1, 0.15) is 11.4 Å². The number of aryl methyl sites for hydroxylation is 2. The van der Waals surface area contributed by atoms with Crippen LogP contribution in [0.2, 0.25) is 0 Å². The summed E-state index contributed by atoms with van der Waals surface area (Å²) in [5, 5.41) is 14.2. The number of fused-ring (bicyclic) bond motifs is 1. The second-order valence-electron chi connectivity index (χ2n) is 7.75. The molecule has 0 aliphatic heterocycles. The van der Waals surface area contributed by atoms with Crippen LogP contribution in [-0.2, 0) is 0 Å². The predicted molar refractivity (Wildman–Crippen MR) is 121 cm³/mol. The molecule has 1 atom stereocenters. The number of carboxylic acids is 1.